The minimum atomic E-state index is -0.208. The van der Waals surface area contributed by atoms with E-state index in [0.29, 0.717) is 6.04 Å². The van der Waals surface area contributed by atoms with Crippen molar-refractivity contribution in [3.8, 4) is 0 Å². The number of ether oxygens (including phenoxy) is 1. The first kappa shape index (κ1) is 13.0. The molecule has 0 amide bonds. The van der Waals surface area contributed by atoms with Crippen molar-refractivity contribution in [2.24, 2.45) is 5.41 Å². The van der Waals surface area contributed by atoms with E-state index in [9.17, 15) is 4.79 Å². The zero-order chi connectivity index (χ0) is 12.3. The van der Waals surface area contributed by atoms with Gasteiger partial charge in [-0.3, -0.25) is 4.90 Å². The standard InChI is InChI=1S/C13H24N2O2/c1-13(2,11-16)10-14-4-3-12(9-14)15-5-7-17-8-6-15/h11-12H,3-10H2,1-2H3. The Labute approximate surface area is 104 Å². The molecule has 2 saturated heterocycles. The number of carbonyl (C=O) groups is 1. The molecule has 2 rings (SSSR count). The van der Waals surface area contributed by atoms with Gasteiger partial charge in [-0.25, -0.2) is 0 Å². The Morgan fingerprint density at radius 2 is 2.00 bits per heavy atom. The van der Waals surface area contributed by atoms with Crippen LogP contribution in [0.3, 0.4) is 0 Å². The Bertz CT molecular complexity index is 262. The Balaban J connectivity index is 1.80. The van der Waals surface area contributed by atoms with Gasteiger partial charge in [0.15, 0.2) is 0 Å². The van der Waals surface area contributed by atoms with Crippen molar-refractivity contribution in [3.05, 3.63) is 0 Å². The smallest absolute Gasteiger partial charge is 0.126 e. The molecular weight excluding hydrogens is 216 g/mol. The molecule has 0 N–H and O–H groups in total. The van der Waals surface area contributed by atoms with Gasteiger partial charge < -0.3 is 14.4 Å². The highest BCUT2D eigenvalue weighted by Crippen LogP contribution is 2.21. The van der Waals surface area contributed by atoms with Crippen LogP contribution in [-0.2, 0) is 9.53 Å². The quantitative estimate of drug-likeness (QED) is 0.674. The van der Waals surface area contributed by atoms with Crippen molar-refractivity contribution < 1.29 is 9.53 Å². The molecule has 0 aromatic heterocycles. The van der Waals surface area contributed by atoms with Crippen LogP contribution in [0.2, 0.25) is 0 Å². The molecule has 0 saturated carbocycles. The Hall–Kier alpha value is -0.450. The number of rotatable bonds is 4. The van der Waals surface area contributed by atoms with Crippen molar-refractivity contribution in [2.75, 3.05) is 45.9 Å². The zero-order valence-corrected chi connectivity index (χ0v) is 11.0. The van der Waals surface area contributed by atoms with Crippen LogP contribution in [0.5, 0.6) is 0 Å². The summed E-state index contributed by atoms with van der Waals surface area (Å²) in [5, 5.41) is 0. The predicted octanol–water partition coefficient (Wildman–Crippen LogP) is 0.618. The zero-order valence-electron chi connectivity index (χ0n) is 11.0. The fraction of sp³-hybridized carbons (Fsp3) is 0.923. The van der Waals surface area contributed by atoms with Crippen LogP contribution >= 0.6 is 0 Å². The average Bonchev–Trinajstić information content (AvgIpc) is 2.78. The fourth-order valence-electron chi connectivity index (χ4n) is 2.81. The third kappa shape index (κ3) is 3.50. The SMILES string of the molecule is CC(C)(C=O)CN1CCC(N2CCOCC2)C1. The summed E-state index contributed by atoms with van der Waals surface area (Å²) >= 11 is 0. The van der Waals surface area contributed by atoms with Gasteiger partial charge in [0.1, 0.15) is 6.29 Å². The fourth-order valence-corrected chi connectivity index (χ4v) is 2.81. The maximum atomic E-state index is 10.9. The van der Waals surface area contributed by atoms with E-state index < -0.39 is 0 Å². The third-order valence-electron chi connectivity index (χ3n) is 3.76. The minimum Gasteiger partial charge on any atom is -0.379 e. The molecule has 17 heavy (non-hydrogen) atoms. The second kappa shape index (κ2) is 5.46. The lowest BCUT2D eigenvalue weighted by Gasteiger charge is -2.32. The van der Waals surface area contributed by atoms with Crippen LogP contribution in [0, 0.1) is 5.41 Å². The summed E-state index contributed by atoms with van der Waals surface area (Å²) in [5.74, 6) is 0. The van der Waals surface area contributed by atoms with Crippen molar-refractivity contribution in [1.29, 1.82) is 0 Å². The lowest BCUT2D eigenvalue weighted by Crippen LogP contribution is -2.45. The number of aldehydes is 1. The minimum absolute atomic E-state index is 0.208. The highest BCUT2D eigenvalue weighted by molar-refractivity contribution is 5.58. The number of morpholine rings is 1. The van der Waals surface area contributed by atoms with Gasteiger partial charge in [-0.1, -0.05) is 13.8 Å². The molecule has 2 aliphatic rings. The summed E-state index contributed by atoms with van der Waals surface area (Å²) in [4.78, 5) is 15.9. The number of hydrogen-bond donors (Lipinski definition) is 0. The molecule has 2 aliphatic heterocycles. The van der Waals surface area contributed by atoms with E-state index in [0.717, 1.165) is 52.2 Å². The third-order valence-corrected chi connectivity index (χ3v) is 3.76. The molecule has 0 bridgehead atoms. The van der Waals surface area contributed by atoms with Crippen LogP contribution < -0.4 is 0 Å². The molecule has 2 heterocycles. The van der Waals surface area contributed by atoms with Crippen LogP contribution in [0.15, 0.2) is 0 Å². The van der Waals surface area contributed by atoms with Gasteiger partial charge in [-0.15, -0.1) is 0 Å². The van der Waals surface area contributed by atoms with E-state index in [1.54, 1.807) is 0 Å². The maximum absolute atomic E-state index is 10.9. The second-order valence-electron chi connectivity index (χ2n) is 5.93. The number of nitrogens with zero attached hydrogens (tertiary/aromatic N) is 2. The Kier molecular flexibility index (Phi) is 4.17. The average molecular weight is 240 g/mol. The molecule has 98 valence electrons. The summed E-state index contributed by atoms with van der Waals surface area (Å²) in [6.07, 6.45) is 2.31. The van der Waals surface area contributed by atoms with Crippen molar-refractivity contribution >= 4 is 6.29 Å². The van der Waals surface area contributed by atoms with Crippen LogP contribution in [0.25, 0.3) is 0 Å². The first-order valence-corrected chi connectivity index (χ1v) is 6.61. The van der Waals surface area contributed by atoms with E-state index in [1.165, 1.54) is 6.42 Å². The molecule has 4 heteroatoms. The van der Waals surface area contributed by atoms with E-state index in [2.05, 4.69) is 9.80 Å². The van der Waals surface area contributed by atoms with Gasteiger partial charge in [-0.2, -0.15) is 0 Å². The Morgan fingerprint density at radius 3 is 2.65 bits per heavy atom. The monoisotopic (exact) mass is 240 g/mol. The molecule has 1 atom stereocenters. The summed E-state index contributed by atoms with van der Waals surface area (Å²) in [7, 11) is 0. The largest absolute Gasteiger partial charge is 0.379 e. The van der Waals surface area contributed by atoms with Gasteiger partial charge in [-0.05, 0) is 13.0 Å². The Morgan fingerprint density at radius 1 is 1.29 bits per heavy atom. The van der Waals surface area contributed by atoms with Gasteiger partial charge in [0.05, 0.1) is 13.2 Å². The molecule has 0 aliphatic carbocycles. The van der Waals surface area contributed by atoms with Crippen LogP contribution in [0.1, 0.15) is 20.3 Å². The topological polar surface area (TPSA) is 32.8 Å². The summed E-state index contributed by atoms with van der Waals surface area (Å²) in [6, 6.07) is 0.668. The molecule has 0 radical (unpaired) electrons. The molecule has 4 nitrogen and oxygen atoms in total. The molecule has 2 fully saturated rings. The maximum Gasteiger partial charge on any atom is 0.126 e. The highest BCUT2D eigenvalue weighted by atomic mass is 16.5. The lowest BCUT2D eigenvalue weighted by atomic mass is 9.95. The van der Waals surface area contributed by atoms with Gasteiger partial charge in [0.2, 0.25) is 0 Å². The van der Waals surface area contributed by atoms with Crippen LogP contribution in [-0.4, -0.2) is 68.1 Å². The van der Waals surface area contributed by atoms with E-state index >= 15 is 0 Å². The van der Waals surface area contributed by atoms with Crippen LogP contribution in [0.4, 0.5) is 0 Å². The van der Waals surface area contributed by atoms with E-state index in [1.807, 2.05) is 13.8 Å². The molecule has 0 aromatic rings. The van der Waals surface area contributed by atoms with E-state index in [4.69, 9.17) is 4.74 Å². The highest BCUT2D eigenvalue weighted by Gasteiger charge is 2.31. The van der Waals surface area contributed by atoms with Gasteiger partial charge in [0, 0.05) is 37.6 Å². The summed E-state index contributed by atoms with van der Waals surface area (Å²) < 4.78 is 5.38. The predicted molar refractivity (Wildman–Crippen MR) is 67.1 cm³/mol. The lowest BCUT2D eigenvalue weighted by molar-refractivity contribution is -0.115. The second-order valence-corrected chi connectivity index (χ2v) is 5.93. The number of carbonyl (C=O) groups excluding carboxylic acids is 1. The molecule has 0 spiro atoms. The van der Waals surface area contributed by atoms with E-state index in [-0.39, 0.29) is 5.41 Å². The summed E-state index contributed by atoms with van der Waals surface area (Å²) in [6.45, 7) is 11.0. The first-order valence-electron chi connectivity index (χ1n) is 6.61. The normalized spacial score (nSPS) is 28.5. The molecular formula is C13H24N2O2. The van der Waals surface area contributed by atoms with Gasteiger partial charge >= 0.3 is 0 Å². The molecule has 0 aromatic carbocycles. The first-order chi connectivity index (χ1) is 8.11. The van der Waals surface area contributed by atoms with Crippen molar-refractivity contribution in [3.63, 3.8) is 0 Å². The number of likely N-dealkylation sites (tertiary alicyclic amines) is 1. The van der Waals surface area contributed by atoms with Gasteiger partial charge in [0.25, 0.3) is 0 Å². The van der Waals surface area contributed by atoms with Crippen molar-refractivity contribution in [1.82, 2.24) is 9.80 Å². The molecule has 1 unspecified atom stereocenters. The van der Waals surface area contributed by atoms with Crippen molar-refractivity contribution in [2.45, 2.75) is 26.3 Å². The summed E-state index contributed by atoms with van der Waals surface area (Å²) in [5.41, 5.74) is -0.208. The number of hydrogen-bond acceptors (Lipinski definition) is 4.